The minimum atomic E-state index is 0.0465. The highest BCUT2D eigenvalue weighted by atomic mass is 16.7. The zero-order valence-electron chi connectivity index (χ0n) is 14.3. The van der Waals surface area contributed by atoms with Gasteiger partial charge in [-0.05, 0) is 29.8 Å². The number of furan rings is 1. The van der Waals surface area contributed by atoms with Gasteiger partial charge in [-0.15, -0.1) is 0 Å². The molecule has 25 heavy (non-hydrogen) atoms. The lowest BCUT2D eigenvalue weighted by Crippen LogP contribution is -2.87. The highest BCUT2D eigenvalue weighted by Crippen LogP contribution is 2.32. The number of hydrogen-bond acceptors (Lipinski definition) is 5. The van der Waals surface area contributed by atoms with Crippen LogP contribution in [0.3, 0.4) is 0 Å². The lowest BCUT2D eigenvalue weighted by Gasteiger charge is -2.21. The fourth-order valence-electron chi connectivity index (χ4n) is 2.64. The molecule has 2 aromatic rings. The summed E-state index contributed by atoms with van der Waals surface area (Å²) in [6.45, 7) is 2.89. The number of carbonyl (C=O) groups excluding carboxylic acids is 1. The van der Waals surface area contributed by atoms with Crippen LogP contribution in [0, 0.1) is 0 Å². The van der Waals surface area contributed by atoms with Crippen LogP contribution in [-0.2, 0) is 22.6 Å². The number of hydrogen-bond donors (Lipinski definition) is 1. The van der Waals surface area contributed by atoms with Crippen LogP contribution in [0.1, 0.15) is 11.3 Å². The first-order valence-corrected chi connectivity index (χ1v) is 8.25. The summed E-state index contributed by atoms with van der Waals surface area (Å²) in [6.07, 6.45) is 1.61. The Morgan fingerprint density at radius 3 is 2.92 bits per heavy atom. The first-order valence-electron chi connectivity index (χ1n) is 8.25. The molecular weight excluding hydrogens is 324 g/mol. The van der Waals surface area contributed by atoms with Gasteiger partial charge in [0.15, 0.2) is 18.0 Å². The van der Waals surface area contributed by atoms with Gasteiger partial charge in [-0.25, -0.2) is 0 Å². The smallest absolute Gasteiger partial charge is 0.278 e. The summed E-state index contributed by atoms with van der Waals surface area (Å²) in [7, 11) is 1.65. The van der Waals surface area contributed by atoms with E-state index in [-0.39, 0.29) is 12.7 Å². The number of ether oxygens (including phenoxy) is 3. The SMILES string of the molecule is COCC[NH2+]CC(=O)N(Cc1ccc2c(c1)OCO2)Cc1ccco1. The molecule has 2 heterocycles. The predicted octanol–water partition coefficient (Wildman–Crippen LogP) is 0.747. The van der Waals surface area contributed by atoms with Gasteiger partial charge in [0.05, 0.1) is 26.0 Å². The topological polar surface area (TPSA) is 77.8 Å². The number of methoxy groups -OCH3 is 1. The monoisotopic (exact) mass is 347 g/mol. The molecule has 0 unspecified atom stereocenters. The van der Waals surface area contributed by atoms with Crippen molar-refractivity contribution in [3.8, 4) is 11.5 Å². The van der Waals surface area contributed by atoms with Crippen LogP contribution in [0.2, 0.25) is 0 Å². The van der Waals surface area contributed by atoms with Gasteiger partial charge in [0.1, 0.15) is 5.76 Å². The van der Waals surface area contributed by atoms with Gasteiger partial charge >= 0.3 is 0 Å². The van der Waals surface area contributed by atoms with E-state index in [2.05, 4.69) is 0 Å². The molecule has 7 heteroatoms. The highest BCUT2D eigenvalue weighted by Gasteiger charge is 2.19. The van der Waals surface area contributed by atoms with E-state index in [9.17, 15) is 4.79 Å². The number of rotatable bonds is 9. The molecule has 1 aliphatic heterocycles. The molecule has 7 nitrogen and oxygen atoms in total. The third kappa shape index (κ3) is 4.74. The molecule has 0 radical (unpaired) electrons. The van der Waals surface area contributed by atoms with E-state index in [1.165, 1.54) is 0 Å². The van der Waals surface area contributed by atoms with Gasteiger partial charge in [0.25, 0.3) is 5.91 Å². The molecule has 0 atom stereocenters. The summed E-state index contributed by atoms with van der Waals surface area (Å²) in [4.78, 5) is 14.4. The van der Waals surface area contributed by atoms with Gasteiger partial charge in [0.2, 0.25) is 6.79 Å². The first kappa shape index (κ1) is 17.3. The molecule has 134 valence electrons. The van der Waals surface area contributed by atoms with Crippen LogP contribution in [-0.4, -0.2) is 44.4 Å². The Hall–Kier alpha value is -2.51. The Bertz CT molecular complexity index is 687. The van der Waals surface area contributed by atoms with E-state index in [4.69, 9.17) is 18.6 Å². The van der Waals surface area contributed by atoms with Crippen LogP contribution in [0.4, 0.5) is 0 Å². The van der Waals surface area contributed by atoms with E-state index in [1.54, 1.807) is 18.3 Å². The summed E-state index contributed by atoms with van der Waals surface area (Å²) < 4.78 is 21.2. The average Bonchev–Trinajstić information content (AvgIpc) is 3.29. The number of nitrogens with zero attached hydrogens (tertiary/aromatic N) is 1. The minimum absolute atomic E-state index is 0.0465. The van der Waals surface area contributed by atoms with Crippen molar-refractivity contribution in [1.29, 1.82) is 0 Å². The van der Waals surface area contributed by atoms with Crippen molar-refractivity contribution in [2.75, 3.05) is 33.6 Å². The number of quaternary nitrogens is 1. The predicted molar refractivity (Wildman–Crippen MR) is 89.1 cm³/mol. The minimum Gasteiger partial charge on any atom is -0.467 e. The quantitative estimate of drug-likeness (QED) is 0.677. The van der Waals surface area contributed by atoms with Crippen LogP contribution in [0.25, 0.3) is 0 Å². The molecule has 0 fully saturated rings. The fourth-order valence-corrected chi connectivity index (χ4v) is 2.64. The maximum absolute atomic E-state index is 12.6. The summed E-state index contributed by atoms with van der Waals surface area (Å²) in [5.41, 5.74) is 0.987. The molecule has 1 aromatic heterocycles. The lowest BCUT2D eigenvalue weighted by atomic mass is 10.2. The van der Waals surface area contributed by atoms with Crippen LogP contribution < -0.4 is 14.8 Å². The number of amides is 1. The summed E-state index contributed by atoms with van der Waals surface area (Å²) in [5, 5.41) is 1.95. The van der Waals surface area contributed by atoms with Crippen molar-refractivity contribution in [2.24, 2.45) is 0 Å². The Balaban J connectivity index is 1.66. The van der Waals surface area contributed by atoms with Crippen LogP contribution in [0.5, 0.6) is 11.5 Å². The van der Waals surface area contributed by atoms with E-state index < -0.39 is 0 Å². The average molecular weight is 347 g/mol. The molecule has 1 amide bonds. The van der Waals surface area contributed by atoms with Gasteiger partial charge < -0.3 is 28.8 Å². The second-order valence-corrected chi connectivity index (χ2v) is 5.79. The standard InChI is InChI=1S/C18H22N2O5/c1-22-8-6-19-10-18(21)20(12-15-3-2-7-23-15)11-14-4-5-16-17(9-14)25-13-24-16/h2-5,7,9,19H,6,8,10-13H2,1H3/p+1. The zero-order valence-corrected chi connectivity index (χ0v) is 14.3. The number of nitrogens with two attached hydrogens (primary N) is 1. The Morgan fingerprint density at radius 1 is 1.24 bits per heavy atom. The van der Waals surface area contributed by atoms with Crippen molar-refractivity contribution in [3.05, 3.63) is 47.9 Å². The van der Waals surface area contributed by atoms with Crippen LogP contribution in [0.15, 0.2) is 41.0 Å². The molecule has 0 aliphatic carbocycles. The molecule has 1 aliphatic rings. The van der Waals surface area contributed by atoms with Crippen LogP contribution >= 0.6 is 0 Å². The summed E-state index contributed by atoms with van der Waals surface area (Å²) >= 11 is 0. The Morgan fingerprint density at radius 2 is 2.12 bits per heavy atom. The maximum Gasteiger partial charge on any atom is 0.278 e. The highest BCUT2D eigenvalue weighted by molar-refractivity contribution is 5.77. The second-order valence-electron chi connectivity index (χ2n) is 5.79. The molecule has 0 bridgehead atoms. The first-order chi connectivity index (χ1) is 12.3. The summed E-state index contributed by atoms with van der Waals surface area (Å²) in [5.74, 6) is 2.26. The van der Waals surface area contributed by atoms with Crippen molar-refractivity contribution in [2.45, 2.75) is 13.1 Å². The summed E-state index contributed by atoms with van der Waals surface area (Å²) in [6, 6.07) is 9.43. The third-order valence-corrected chi connectivity index (χ3v) is 3.93. The molecule has 0 saturated carbocycles. The molecule has 3 rings (SSSR count). The molecular formula is C18H23N2O5+. The molecule has 2 N–H and O–H groups in total. The van der Waals surface area contributed by atoms with Gasteiger partial charge in [-0.1, -0.05) is 6.07 Å². The number of carbonyl (C=O) groups is 1. The van der Waals surface area contributed by atoms with Crippen molar-refractivity contribution in [1.82, 2.24) is 4.90 Å². The number of fused-ring (bicyclic) bond motifs is 1. The Kier molecular flexibility index (Phi) is 5.92. The lowest BCUT2D eigenvalue weighted by molar-refractivity contribution is -0.646. The molecule has 0 spiro atoms. The Labute approximate surface area is 146 Å². The molecule has 0 saturated heterocycles. The molecule has 1 aromatic carbocycles. The van der Waals surface area contributed by atoms with Crippen molar-refractivity contribution < 1.29 is 28.7 Å². The van der Waals surface area contributed by atoms with E-state index in [0.717, 1.165) is 29.4 Å². The van der Waals surface area contributed by atoms with Gasteiger partial charge in [-0.2, -0.15) is 0 Å². The van der Waals surface area contributed by atoms with Gasteiger partial charge in [-0.3, -0.25) is 4.79 Å². The maximum atomic E-state index is 12.6. The van der Waals surface area contributed by atoms with Crippen molar-refractivity contribution in [3.63, 3.8) is 0 Å². The van der Waals surface area contributed by atoms with E-state index in [1.807, 2.05) is 35.6 Å². The third-order valence-electron chi connectivity index (χ3n) is 3.93. The normalized spacial score (nSPS) is 12.4. The number of benzene rings is 1. The fraction of sp³-hybridized carbons (Fsp3) is 0.389. The second kappa shape index (κ2) is 8.55. The van der Waals surface area contributed by atoms with E-state index >= 15 is 0 Å². The van der Waals surface area contributed by atoms with E-state index in [0.29, 0.717) is 26.2 Å². The van der Waals surface area contributed by atoms with Gasteiger partial charge in [0, 0.05) is 13.7 Å². The largest absolute Gasteiger partial charge is 0.467 e. The zero-order chi connectivity index (χ0) is 17.5. The van der Waals surface area contributed by atoms with Crippen molar-refractivity contribution >= 4 is 5.91 Å².